The molecule has 1 aromatic heterocycles. The lowest BCUT2D eigenvalue weighted by atomic mass is 10.5. The van der Waals surface area contributed by atoms with Crippen LogP contribution in [0.4, 0.5) is 5.69 Å². The van der Waals surface area contributed by atoms with Gasteiger partial charge in [0.05, 0.1) is 25.0 Å². The molecule has 0 aliphatic rings. The summed E-state index contributed by atoms with van der Waals surface area (Å²) in [5.41, 5.74) is 0.998. The number of nitrogens with one attached hydrogen (secondary N) is 2. The fourth-order valence-corrected chi connectivity index (χ4v) is 1.20. The van der Waals surface area contributed by atoms with Crippen LogP contribution in [0.5, 0.6) is 0 Å². The zero-order valence-corrected chi connectivity index (χ0v) is 11.8. The fourth-order valence-electron chi connectivity index (χ4n) is 1.03. The second kappa shape index (κ2) is 10.9. The maximum atomic E-state index is 9.18. The molecule has 0 saturated carbocycles. The average Bonchev–Trinajstić information content (AvgIpc) is 2.72. The Morgan fingerprint density at radius 3 is 2.67 bits per heavy atom. The number of carbonyl (C=O) groups excluding carboxylic acids is 1. The lowest BCUT2D eigenvalue weighted by Crippen LogP contribution is -2.12. The number of hydrogen-bond donors (Lipinski definition) is 2. The van der Waals surface area contributed by atoms with Gasteiger partial charge in [-0.3, -0.25) is 4.79 Å². The molecule has 5 nitrogen and oxygen atoms in total. The molecule has 0 saturated heterocycles. The molecule has 0 atom stereocenters. The quantitative estimate of drug-likeness (QED) is 0.594. The van der Waals surface area contributed by atoms with E-state index in [1.165, 1.54) is 0 Å². The zero-order chi connectivity index (χ0) is 13.8. The molecule has 104 valence electrons. The Labute approximate surface area is 113 Å². The monoisotopic (exact) mass is 276 g/mol. The van der Waals surface area contributed by atoms with Crippen LogP contribution >= 0.6 is 11.6 Å². The number of aromatic nitrogens is 1. The van der Waals surface area contributed by atoms with E-state index in [9.17, 15) is 4.79 Å². The Morgan fingerprint density at radius 2 is 2.28 bits per heavy atom. The Hall–Kier alpha value is -1.20. The molecular formula is C12H21ClN2O3. The van der Waals surface area contributed by atoms with Crippen molar-refractivity contribution in [3.63, 3.8) is 0 Å². The molecule has 0 unspecified atom stereocenters. The minimum Gasteiger partial charge on any atom is -0.468 e. The first kappa shape index (κ1) is 16.8. The van der Waals surface area contributed by atoms with Crippen LogP contribution in [0, 0.1) is 0 Å². The second-order valence-electron chi connectivity index (χ2n) is 3.63. The van der Waals surface area contributed by atoms with Crippen molar-refractivity contribution < 1.29 is 14.3 Å². The molecule has 0 bridgehead atoms. The van der Waals surface area contributed by atoms with Gasteiger partial charge in [0.15, 0.2) is 0 Å². The van der Waals surface area contributed by atoms with E-state index in [-0.39, 0.29) is 6.10 Å². The number of H-pyrrole nitrogens is 1. The Morgan fingerprint density at radius 1 is 1.56 bits per heavy atom. The lowest BCUT2D eigenvalue weighted by Gasteiger charge is -2.07. The van der Waals surface area contributed by atoms with Crippen molar-refractivity contribution in [1.29, 1.82) is 0 Å². The van der Waals surface area contributed by atoms with Crippen LogP contribution in [0.2, 0.25) is 5.15 Å². The summed E-state index contributed by atoms with van der Waals surface area (Å²) in [7, 11) is 0. The van der Waals surface area contributed by atoms with E-state index in [2.05, 4.69) is 15.0 Å². The van der Waals surface area contributed by atoms with Gasteiger partial charge in [0, 0.05) is 12.7 Å². The molecule has 0 spiro atoms. The number of aromatic amines is 1. The maximum absolute atomic E-state index is 9.18. The fraction of sp³-hybridized carbons (Fsp3) is 0.583. The highest BCUT2D eigenvalue weighted by Crippen LogP contribution is 2.12. The van der Waals surface area contributed by atoms with E-state index in [0.29, 0.717) is 24.8 Å². The minimum atomic E-state index is 0.289. The van der Waals surface area contributed by atoms with Crippen LogP contribution in [0.15, 0.2) is 12.3 Å². The van der Waals surface area contributed by atoms with Crippen molar-refractivity contribution in [2.75, 3.05) is 25.1 Å². The van der Waals surface area contributed by atoms with Gasteiger partial charge in [0.2, 0.25) is 0 Å². The minimum absolute atomic E-state index is 0.289. The molecule has 18 heavy (non-hydrogen) atoms. The summed E-state index contributed by atoms with van der Waals surface area (Å²) < 4.78 is 9.52. The van der Waals surface area contributed by atoms with E-state index in [4.69, 9.17) is 16.3 Å². The van der Waals surface area contributed by atoms with Crippen LogP contribution in [0.3, 0.4) is 0 Å². The first-order valence-corrected chi connectivity index (χ1v) is 6.22. The Bertz CT molecular complexity index is 316. The number of hydrogen-bond acceptors (Lipinski definition) is 4. The van der Waals surface area contributed by atoms with Gasteiger partial charge < -0.3 is 19.8 Å². The zero-order valence-electron chi connectivity index (χ0n) is 11.0. The molecule has 0 fully saturated rings. The Kier molecular flexibility index (Phi) is 10.2. The topological polar surface area (TPSA) is 63.4 Å². The van der Waals surface area contributed by atoms with Gasteiger partial charge >= 0.3 is 0 Å². The first-order valence-electron chi connectivity index (χ1n) is 5.84. The number of ether oxygens (including phenoxy) is 2. The third-order valence-corrected chi connectivity index (χ3v) is 1.98. The van der Waals surface area contributed by atoms with Crippen LogP contribution < -0.4 is 5.32 Å². The van der Waals surface area contributed by atoms with Gasteiger partial charge in [-0.1, -0.05) is 11.6 Å². The van der Waals surface area contributed by atoms with Gasteiger partial charge in [0.25, 0.3) is 6.47 Å². The van der Waals surface area contributed by atoms with Gasteiger partial charge in [-0.15, -0.1) is 0 Å². The van der Waals surface area contributed by atoms with Crippen LogP contribution in [-0.2, 0) is 14.3 Å². The molecule has 1 aromatic rings. The second-order valence-corrected chi connectivity index (χ2v) is 4.04. The first-order chi connectivity index (χ1) is 8.60. The van der Waals surface area contributed by atoms with Crippen LogP contribution in [-0.4, -0.2) is 37.3 Å². The van der Waals surface area contributed by atoms with Crippen molar-refractivity contribution >= 4 is 23.8 Å². The summed E-state index contributed by atoms with van der Waals surface area (Å²) >= 11 is 5.70. The number of halogens is 1. The van der Waals surface area contributed by atoms with E-state index >= 15 is 0 Å². The summed E-state index contributed by atoms with van der Waals surface area (Å²) in [6.45, 7) is 8.21. The largest absolute Gasteiger partial charge is 0.468 e. The molecule has 0 aliphatic carbocycles. The highest BCUT2D eigenvalue weighted by Gasteiger charge is 1.96. The predicted molar refractivity (Wildman–Crippen MR) is 73.1 cm³/mol. The molecular weight excluding hydrogens is 256 g/mol. The summed E-state index contributed by atoms with van der Waals surface area (Å²) in [6, 6.07) is 1.84. The third-order valence-electron chi connectivity index (χ3n) is 1.76. The normalized spacial score (nSPS) is 9.61. The third kappa shape index (κ3) is 9.99. The smallest absolute Gasteiger partial charge is 0.293 e. The highest BCUT2D eigenvalue weighted by molar-refractivity contribution is 6.29. The van der Waals surface area contributed by atoms with E-state index in [0.717, 1.165) is 12.2 Å². The van der Waals surface area contributed by atoms with Crippen molar-refractivity contribution in [3.05, 3.63) is 17.4 Å². The molecule has 0 radical (unpaired) electrons. The van der Waals surface area contributed by atoms with Crippen molar-refractivity contribution in [3.8, 4) is 0 Å². The number of carbonyl (C=O) groups is 1. The van der Waals surface area contributed by atoms with Gasteiger partial charge in [-0.2, -0.15) is 0 Å². The standard InChI is InChI=1S/C9H15ClN2O.C3H6O2/c1-7(2)13-4-3-11-8-5-9(10)12-6-8;1-2-5-3-4/h5-7,11-12H,3-4H2,1-2H3;3H,2H2,1H3. The molecule has 1 rings (SSSR count). The van der Waals surface area contributed by atoms with Gasteiger partial charge in [-0.25, -0.2) is 0 Å². The highest BCUT2D eigenvalue weighted by atomic mass is 35.5. The summed E-state index contributed by atoms with van der Waals surface area (Å²) in [4.78, 5) is 12.1. The van der Waals surface area contributed by atoms with E-state index in [1.807, 2.05) is 26.1 Å². The van der Waals surface area contributed by atoms with Gasteiger partial charge in [-0.05, 0) is 26.8 Å². The number of anilines is 1. The molecule has 0 aliphatic heterocycles. The molecule has 0 aromatic carbocycles. The Balaban J connectivity index is 0.000000494. The van der Waals surface area contributed by atoms with E-state index in [1.54, 1.807) is 6.92 Å². The lowest BCUT2D eigenvalue weighted by molar-refractivity contribution is -0.128. The van der Waals surface area contributed by atoms with Gasteiger partial charge in [0.1, 0.15) is 5.15 Å². The summed E-state index contributed by atoms with van der Waals surface area (Å²) in [5, 5.41) is 3.83. The molecule has 1 heterocycles. The van der Waals surface area contributed by atoms with E-state index < -0.39 is 0 Å². The maximum Gasteiger partial charge on any atom is 0.293 e. The number of rotatable bonds is 7. The van der Waals surface area contributed by atoms with Crippen LogP contribution in [0.25, 0.3) is 0 Å². The van der Waals surface area contributed by atoms with Crippen molar-refractivity contribution in [1.82, 2.24) is 4.98 Å². The molecule has 2 N–H and O–H groups in total. The van der Waals surface area contributed by atoms with Crippen molar-refractivity contribution in [2.24, 2.45) is 0 Å². The summed E-state index contributed by atoms with van der Waals surface area (Å²) in [5.74, 6) is 0. The molecule has 0 amide bonds. The van der Waals surface area contributed by atoms with Crippen molar-refractivity contribution in [2.45, 2.75) is 26.9 Å². The summed E-state index contributed by atoms with van der Waals surface area (Å²) in [6.07, 6.45) is 2.12. The SMILES string of the molecule is CC(C)OCCNc1c[nH]c(Cl)c1.CCOC=O. The molecule has 6 heteroatoms. The average molecular weight is 277 g/mol. The van der Waals surface area contributed by atoms with Crippen LogP contribution in [0.1, 0.15) is 20.8 Å². The predicted octanol–water partition coefficient (Wildman–Crippen LogP) is 2.68.